The Morgan fingerprint density at radius 1 is 1.18 bits per heavy atom. The molecule has 194 valence electrons. The zero-order chi connectivity index (χ0) is 26.9. The highest BCUT2D eigenvalue weighted by Crippen LogP contribution is 2.43. The molecule has 6 aromatic heterocycles. The summed E-state index contributed by atoms with van der Waals surface area (Å²) in [4.78, 5) is 23.7. The van der Waals surface area contributed by atoms with Crippen molar-refractivity contribution in [1.29, 1.82) is 0 Å². The summed E-state index contributed by atoms with van der Waals surface area (Å²) in [7, 11) is 1.72. The Morgan fingerprint density at radius 2 is 1.97 bits per heavy atom. The van der Waals surface area contributed by atoms with Crippen molar-refractivity contribution in [2.75, 3.05) is 0 Å². The lowest BCUT2D eigenvalue weighted by molar-refractivity contribution is -0.385. The highest BCUT2D eigenvalue weighted by molar-refractivity contribution is 7.26. The molecule has 0 fully saturated rings. The number of rotatable bonds is 5. The van der Waals surface area contributed by atoms with Crippen LogP contribution in [0.3, 0.4) is 0 Å². The van der Waals surface area contributed by atoms with E-state index in [9.17, 15) is 23.3 Å². The minimum atomic E-state index is -4.64. The topological polar surface area (TPSA) is 135 Å². The number of nitrogens with zero attached hydrogens (tertiary/aromatic N) is 10. The number of hydrogen-bond acceptors (Lipinski definition) is 9. The van der Waals surface area contributed by atoms with Gasteiger partial charge in [-0.25, -0.2) is 19.5 Å². The first kappa shape index (κ1) is 23.9. The number of thiophene rings is 1. The van der Waals surface area contributed by atoms with Gasteiger partial charge in [-0.1, -0.05) is 6.92 Å². The number of hydrogen-bond donors (Lipinski definition) is 0. The summed E-state index contributed by atoms with van der Waals surface area (Å²) < 4.78 is 46.4. The summed E-state index contributed by atoms with van der Waals surface area (Å²) in [5.41, 5.74) is 1.35. The van der Waals surface area contributed by atoms with Gasteiger partial charge in [0.05, 0.1) is 23.2 Å². The molecule has 6 heterocycles. The van der Waals surface area contributed by atoms with Crippen LogP contribution in [0.2, 0.25) is 0 Å². The fraction of sp³-hybridized carbons (Fsp3) is 0.273. The second kappa shape index (κ2) is 8.27. The lowest BCUT2D eigenvalue weighted by Crippen LogP contribution is -2.08. The second-order valence-electron chi connectivity index (χ2n) is 8.84. The van der Waals surface area contributed by atoms with Crippen molar-refractivity contribution in [3.63, 3.8) is 0 Å². The van der Waals surface area contributed by atoms with E-state index in [0.29, 0.717) is 43.9 Å². The standard InChI is InChI=1S/C22H17F3N10O2S/c1-10(7-33-8-12(5-28-33)35(36)37)19-30-20-18-17(26-9-34(20)31-19)16-13(14-6-27-32(3)11(14)2)4-15(22(23,24)25)29-21(16)38-18/h4-6,8-10H,7H2,1-3H3/t10-/m0/s1. The number of halogens is 3. The van der Waals surface area contributed by atoms with Crippen molar-refractivity contribution in [1.82, 2.24) is 44.1 Å². The summed E-state index contributed by atoms with van der Waals surface area (Å²) in [6.45, 7) is 3.91. The van der Waals surface area contributed by atoms with E-state index in [2.05, 4.69) is 30.2 Å². The minimum absolute atomic E-state index is 0.123. The van der Waals surface area contributed by atoms with Gasteiger partial charge in [-0.05, 0) is 18.6 Å². The SMILES string of the molecule is Cc1c(-c2cc(C(F)(F)F)nc3sc4c(ncn5nc([C@@H](C)Cn6cc([N+](=O)[O-])cn6)nc45)c23)cnn1C. The van der Waals surface area contributed by atoms with Gasteiger partial charge in [0.1, 0.15) is 33.9 Å². The lowest BCUT2D eigenvalue weighted by atomic mass is 10.0. The van der Waals surface area contributed by atoms with E-state index in [0.717, 1.165) is 23.6 Å². The largest absolute Gasteiger partial charge is 0.433 e. The molecule has 0 aliphatic heterocycles. The average molecular weight is 543 g/mol. The summed E-state index contributed by atoms with van der Waals surface area (Å²) in [5.74, 6) is 0.157. The third-order valence-corrected chi connectivity index (χ3v) is 7.40. The van der Waals surface area contributed by atoms with Gasteiger partial charge in [0.25, 0.3) is 0 Å². The second-order valence-corrected chi connectivity index (χ2v) is 9.84. The average Bonchev–Trinajstić information content (AvgIpc) is 3.63. The molecule has 38 heavy (non-hydrogen) atoms. The number of fused-ring (bicyclic) bond motifs is 5. The third kappa shape index (κ3) is 3.75. The summed E-state index contributed by atoms with van der Waals surface area (Å²) in [5, 5.41) is 24.1. The van der Waals surface area contributed by atoms with Crippen LogP contribution in [0.4, 0.5) is 18.9 Å². The summed E-state index contributed by atoms with van der Waals surface area (Å²) >= 11 is 1.06. The molecule has 0 amide bonds. The Bertz CT molecular complexity index is 1880. The molecule has 0 aliphatic rings. The molecule has 0 aliphatic carbocycles. The summed E-state index contributed by atoms with van der Waals surface area (Å²) in [6.07, 6.45) is 0.839. The van der Waals surface area contributed by atoms with E-state index in [1.807, 2.05) is 6.92 Å². The molecule has 0 unspecified atom stereocenters. The molecule has 0 N–H and O–H groups in total. The van der Waals surface area contributed by atoms with Gasteiger partial charge in [0, 0.05) is 29.6 Å². The van der Waals surface area contributed by atoms with Crippen LogP contribution >= 0.6 is 11.3 Å². The van der Waals surface area contributed by atoms with Gasteiger partial charge in [-0.3, -0.25) is 19.5 Å². The molecule has 12 nitrogen and oxygen atoms in total. The third-order valence-electron chi connectivity index (χ3n) is 6.33. The highest BCUT2D eigenvalue weighted by atomic mass is 32.1. The van der Waals surface area contributed by atoms with Crippen molar-refractivity contribution in [3.8, 4) is 11.1 Å². The Balaban J connectivity index is 1.51. The summed E-state index contributed by atoms with van der Waals surface area (Å²) in [6, 6.07) is 1.03. The smallest absolute Gasteiger partial charge is 0.272 e. The molecule has 0 radical (unpaired) electrons. The maximum Gasteiger partial charge on any atom is 0.433 e. The molecule has 0 bridgehead atoms. The Kier molecular flexibility index (Phi) is 5.20. The normalized spacial score (nSPS) is 13.2. The van der Waals surface area contributed by atoms with Crippen LogP contribution < -0.4 is 0 Å². The number of aryl methyl sites for hydroxylation is 1. The Labute approximate surface area is 214 Å². The van der Waals surface area contributed by atoms with E-state index in [1.165, 1.54) is 27.9 Å². The first-order valence-electron chi connectivity index (χ1n) is 11.2. The van der Waals surface area contributed by atoms with E-state index < -0.39 is 16.8 Å². The van der Waals surface area contributed by atoms with Crippen molar-refractivity contribution in [2.45, 2.75) is 32.5 Å². The van der Waals surface area contributed by atoms with Gasteiger partial charge < -0.3 is 0 Å². The van der Waals surface area contributed by atoms with E-state index in [1.54, 1.807) is 18.7 Å². The zero-order valence-corrected chi connectivity index (χ0v) is 20.8. The Morgan fingerprint density at radius 3 is 2.63 bits per heavy atom. The molecule has 0 spiro atoms. The van der Waals surface area contributed by atoms with Crippen LogP contribution in [-0.2, 0) is 19.8 Å². The lowest BCUT2D eigenvalue weighted by Gasteiger charge is -2.10. The van der Waals surface area contributed by atoms with Gasteiger partial charge in [-0.2, -0.15) is 23.4 Å². The van der Waals surface area contributed by atoms with Crippen LogP contribution in [0.1, 0.15) is 30.1 Å². The highest BCUT2D eigenvalue weighted by Gasteiger charge is 2.35. The fourth-order valence-electron chi connectivity index (χ4n) is 4.28. The van der Waals surface area contributed by atoms with E-state index in [-0.39, 0.29) is 23.0 Å². The van der Waals surface area contributed by atoms with Crippen molar-refractivity contribution >= 4 is 43.1 Å². The molecule has 0 aromatic carbocycles. The van der Waals surface area contributed by atoms with Gasteiger partial charge in [-0.15, -0.1) is 16.4 Å². The van der Waals surface area contributed by atoms with Gasteiger partial charge in [0.2, 0.25) is 0 Å². The van der Waals surface area contributed by atoms with E-state index >= 15 is 0 Å². The molecule has 1 atom stereocenters. The van der Waals surface area contributed by atoms with Gasteiger partial charge in [0.15, 0.2) is 11.5 Å². The first-order valence-corrected chi connectivity index (χ1v) is 12.0. The fourth-order valence-corrected chi connectivity index (χ4v) is 5.41. The van der Waals surface area contributed by atoms with Crippen LogP contribution in [0.5, 0.6) is 0 Å². The van der Waals surface area contributed by atoms with E-state index in [4.69, 9.17) is 0 Å². The molecule has 6 aromatic rings. The van der Waals surface area contributed by atoms with Crippen molar-refractivity contribution in [3.05, 3.63) is 58.3 Å². The molecule has 0 saturated carbocycles. The Hall–Kier alpha value is -4.47. The monoisotopic (exact) mass is 542 g/mol. The number of nitro groups is 1. The van der Waals surface area contributed by atoms with Crippen molar-refractivity contribution in [2.24, 2.45) is 7.05 Å². The molecule has 0 saturated heterocycles. The molecule has 6 rings (SSSR count). The van der Waals surface area contributed by atoms with Gasteiger partial charge >= 0.3 is 11.9 Å². The minimum Gasteiger partial charge on any atom is -0.272 e. The molecule has 16 heteroatoms. The number of aromatic nitrogens is 9. The number of alkyl halides is 3. The maximum absolute atomic E-state index is 13.8. The first-order chi connectivity index (χ1) is 18.0. The van der Waals surface area contributed by atoms with Crippen molar-refractivity contribution < 1.29 is 18.1 Å². The predicted octanol–water partition coefficient (Wildman–Crippen LogP) is 4.52. The zero-order valence-electron chi connectivity index (χ0n) is 20.0. The molecular weight excluding hydrogens is 525 g/mol. The molecular formula is C22H17F3N10O2S. The maximum atomic E-state index is 13.8. The van der Waals surface area contributed by atoms with Crippen LogP contribution in [0.25, 0.3) is 37.2 Å². The quantitative estimate of drug-likeness (QED) is 0.229. The van der Waals surface area contributed by atoms with Crippen LogP contribution in [0, 0.1) is 17.0 Å². The van der Waals surface area contributed by atoms with Crippen LogP contribution in [0.15, 0.2) is 31.0 Å². The number of pyridine rings is 1. The predicted molar refractivity (Wildman–Crippen MR) is 131 cm³/mol. The van der Waals surface area contributed by atoms with Crippen LogP contribution in [-0.4, -0.2) is 49.1 Å².